The minimum atomic E-state index is -4.75. The van der Waals surface area contributed by atoms with Gasteiger partial charge in [-0.3, -0.25) is 4.72 Å². The quantitative estimate of drug-likeness (QED) is 0.931. The van der Waals surface area contributed by atoms with Crippen LogP contribution in [0.3, 0.4) is 0 Å². The molecule has 0 radical (unpaired) electrons. The first-order valence-corrected chi connectivity index (χ1v) is 7.96. The predicted octanol–water partition coefficient (Wildman–Crippen LogP) is 3.62. The molecule has 0 saturated carbocycles. The topological polar surface area (TPSA) is 55.4 Å². The van der Waals surface area contributed by atoms with E-state index in [1.54, 1.807) is 18.2 Å². The molecular weight excluding hydrogens is 319 g/mol. The SMILES string of the molecule is CS(=O)(=O)Nc1ccc(-c2cccc(OC(F)(F)F)c2)cc1. The maximum absolute atomic E-state index is 12.2. The molecule has 2 aromatic rings. The molecule has 4 nitrogen and oxygen atoms in total. The highest BCUT2D eigenvalue weighted by atomic mass is 32.2. The van der Waals surface area contributed by atoms with Crippen LogP contribution in [-0.4, -0.2) is 21.0 Å². The van der Waals surface area contributed by atoms with Gasteiger partial charge in [0.15, 0.2) is 0 Å². The van der Waals surface area contributed by atoms with E-state index in [1.807, 2.05) is 0 Å². The van der Waals surface area contributed by atoms with E-state index >= 15 is 0 Å². The van der Waals surface area contributed by atoms with Gasteiger partial charge in [0.25, 0.3) is 0 Å². The molecule has 0 aliphatic carbocycles. The average Bonchev–Trinajstić information content (AvgIpc) is 2.36. The fraction of sp³-hybridized carbons (Fsp3) is 0.143. The summed E-state index contributed by atoms with van der Waals surface area (Å²) in [6.07, 6.45) is -3.72. The van der Waals surface area contributed by atoms with Crippen molar-refractivity contribution in [3.63, 3.8) is 0 Å². The summed E-state index contributed by atoms with van der Waals surface area (Å²) in [5, 5.41) is 0. The number of hydrogen-bond donors (Lipinski definition) is 1. The number of rotatable bonds is 4. The second-order valence-corrected chi connectivity index (χ2v) is 6.28. The number of nitrogens with one attached hydrogen (secondary N) is 1. The van der Waals surface area contributed by atoms with Crippen LogP contribution in [0.1, 0.15) is 0 Å². The van der Waals surface area contributed by atoms with Crippen LogP contribution in [0.4, 0.5) is 18.9 Å². The summed E-state index contributed by atoms with van der Waals surface area (Å²) in [5.74, 6) is -0.316. The molecule has 0 bridgehead atoms. The number of ether oxygens (including phenoxy) is 1. The van der Waals surface area contributed by atoms with E-state index in [4.69, 9.17) is 0 Å². The first-order valence-electron chi connectivity index (χ1n) is 6.06. The standard InChI is InChI=1S/C14H12F3NO3S/c1-22(19,20)18-12-7-5-10(6-8-12)11-3-2-4-13(9-11)21-14(15,16)17/h2-9,18H,1H3. The molecule has 0 saturated heterocycles. The Hall–Kier alpha value is -2.22. The summed E-state index contributed by atoms with van der Waals surface area (Å²) in [4.78, 5) is 0. The van der Waals surface area contributed by atoms with Gasteiger partial charge in [-0.25, -0.2) is 8.42 Å². The summed E-state index contributed by atoms with van der Waals surface area (Å²) >= 11 is 0. The molecule has 0 aromatic heterocycles. The lowest BCUT2D eigenvalue weighted by molar-refractivity contribution is -0.274. The predicted molar refractivity (Wildman–Crippen MR) is 77.0 cm³/mol. The number of anilines is 1. The van der Waals surface area contributed by atoms with Crippen LogP contribution in [0.5, 0.6) is 5.75 Å². The molecule has 0 unspecified atom stereocenters. The molecule has 0 aliphatic heterocycles. The van der Waals surface area contributed by atoms with Gasteiger partial charge in [-0.2, -0.15) is 0 Å². The number of halogens is 3. The van der Waals surface area contributed by atoms with Crippen molar-refractivity contribution in [2.45, 2.75) is 6.36 Å². The average molecular weight is 331 g/mol. The molecule has 22 heavy (non-hydrogen) atoms. The van der Waals surface area contributed by atoms with E-state index in [0.29, 0.717) is 16.8 Å². The smallest absolute Gasteiger partial charge is 0.406 e. The van der Waals surface area contributed by atoms with Gasteiger partial charge < -0.3 is 4.74 Å². The number of sulfonamides is 1. The van der Waals surface area contributed by atoms with Gasteiger partial charge in [0, 0.05) is 5.69 Å². The van der Waals surface area contributed by atoms with Crippen molar-refractivity contribution in [3.8, 4) is 16.9 Å². The zero-order chi connectivity index (χ0) is 16.4. The van der Waals surface area contributed by atoms with Crippen molar-refractivity contribution in [1.29, 1.82) is 0 Å². The van der Waals surface area contributed by atoms with Gasteiger partial charge in [0.1, 0.15) is 5.75 Å². The van der Waals surface area contributed by atoms with E-state index in [1.165, 1.54) is 30.3 Å². The van der Waals surface area contributed by atoms with Crippen molar-refractivity contribution in [2.75, 3.05) is 11.0 Å². The summed E-state index contributed by atoms with van der Waals surface area (Å²) in [7, 11) is -3.38. The Morgan fingerprint density at radius 2 is 1.64 bits per heavy atom. The lowest BCUT2D eigenvalue weighted by Crippen LogP contribution is -2.17. The first kappa shape index (κ1) is 16.2. The fourth-order valence-corrected chi connectivity index (χ4v) is 2.38. The zero-order valence-electron chi connectivity index (χ0n) is 11.4. The third-order valence-electron chi connectivity index (χ3n) is 2.59. The van der Waals surface area contributed by atoms with Gasteiger partial charge in [-0.05, 0) is 35.4 Å². The molecule has 0 spiro atoms. The second-order valence-electron chi connectivity index (χ2n) is 4.53. The Labute approximate surface area is 125 Å². The summed E-state index contributed by atoms with van der Waals surface area (Å²) in [6, 6.07) is 11.8. The largest absolute Gasteiger partial charge is 0.573 e. The Bertz CT molecular complexity index is 756. The lowest BCUT2D eigenvalue weighted by Gasteiger charge is -2.10. The molecule has 2 aromatic carbocycles. The van der Waals surface area contributed by atoms with Crippen LogP contribution < -0.4 is 9.46 Å². The Kier molecular flexibility index (Phi) is 4.32. The maximum atomic E-state index is 12.2. The van der Waals surface area contributed by atoms with E-state index in [9.17, 15) is 21.6 Å². The van der Waals surface area contributed by atoms with Crippen molar-refractivity contribution in [1.82, 2.24) is 0 Å². The summed E-state index contributed by atoms with van der Waals surface area (Å²) in [6.45, 7) is 0. The van der Waals surface area contributed by atoms with Crippen molar-refractivity contribution in [2.24, 2.45) is 0 Å². The monoisotopic (exact) mass is 331 g/mol. The molecule has 118 valence electrons. The minimum Gasteiger partial charge on any atom is -0.406 e. The highest BCUT2D eigenvalue weighted by Crippen LogP contribution is 2.28. The van der Waals surface area contributed by atoms with Gasteiger partial charge in [-0.1, -0.05) is 24.3 Å². The van der Waals surface area contributed by atoms with Crippen molar-refractivity contribution in [3.05, 3.63) is 48.5 Å². The molecular formula is C14H12F3NO3S. The molecule has 2 rings (SSSR count). The Balaban J connectivity index is 2.23. The van der Waals surface area contributed by atoms with Crippen molar-refractivity contribution >= 4 is 15.7 Å². The summed E-state index contributed by atoms with van der Waals surface area (Å²) < 4.78 is 65.0. The van der Waals surface area contributed by atoms with Gasteiger partial charge >= 0.3 is 6.36 Å². The van der Waals surface area contributed by atoms with Gasteiger partial charge in [0.2, 0.25) is 10.0 Å². The third kappa shape index (κ3) is 4.96. The molecule has 0 fully saturated rings. The van der Waals surface area contributed by atoms with E-state index in [0.717, 1.165) is 6.26 Å². The molecule has 8 heteroatoms. The molecule has 1 N–H and O–H groups in total. The van der Waals surface area contributed by atoms with Crippen LogP contribution in [0.15, 0.2) is 48.5 Å². The molecule has 0 aliphatic rings. The second kappa shape index (κ2) is 5.88. The summed E-state index contributed by atoms with van der Waals surface area (Å²) in [5.41, 5.74) is 1.52. The van der Waals surface area contributed by atoms with Crippen LogP contribution in [-0.2, 0) is 10.0 Å². The van der Waals surface area contributed by atoms with Crippen molar-refractivity contribution < 1.29 is 26.3 Å². The highest BCUT2D eigenvalue weighted by Gasteiger charge is 2.31. The van der Waals surface area contributed by atoms with Crippen LogP contribution >= 0.6 is 0 Å². The fourth-order valence-electron chi connectivity index (χ4n) is 1.82. The first-order chi connectivity index (χ1) is 10.1. The zero-order valence-corrected chi connectivity index (χ0v) is 12.2. The minimum absolute atomic E-state index is 0.316. The lowest BCUT2D eigenvalue weighted by atomic mass is 10.1. The maximum Gasteiger partial charge on any atom is 0.573 e. The third-order valence-corrected chi connectivity index (χ3v) is 3.20. The Morgan fingerprint density at radius 1 is 1.00 bits per heavy atom. The van der Waals surface area contributed by atoms with Crippen LogP contribution in [0, 0.1) is 0 Å². The van der Waals surface area contributed by atoms with E-state index in [2.05, 4.69) is 9.46 Å². The van der Waals surface area contributed by atoms with Gasteiger partial charge in [-0.15, -0.1) is 13.2 Å². The number of hydrogen-bond acceptors (Lipinski definition) is 3. The van der Waals surface area contributed by atoms with Crippen LogP contribution in [0.25, 0.3) is 11.1 Å². The highest BCUT2D eigenvalue weighted by molar-refractivity contribution is 7.92. The number of benzene rings is 2. The Morgan fingerprint density at radius 3 is 2.18 bits per heavy atom. The normalized spacial score (nSPS) is 12.0. The number of alkyl halides is 3. The molecule has 0 amide bonds. The van der Waals surface area contributed by atoms with E-state index < -0.39 is 16.4 Å². The van der Waals surface area contributed by atoms with E-state index in [-0.39, 0.29) is 5.75 Å². The van der Waals surface area contributed by atoms with Gasteiger partial charge in [0.05, 0.1) is 6.26 Å². The van der Waals surface area contributed by atoms with Crippen LogP contribution in [0.2, 0.25) is 0 Å². The molecule has 0 atom stereocenters. The molecule has 0 heterocycles.